The standard InChI is InChI=1S/C19H19FN4O/c20-15-6-7-18-21-16(14-24(18)13-15)12-19(25)23-10-8-22(9-11-23)17-4-2-1-3-5-17/h1-7,13-14H,8-12H2. The van der Waals surface area contributed by atoms with Crippen molar-refractivity contribution in [2.24, 2.45) is 0 Å². The number of amides is 1. The molecule has 0 unspecified atom stereocenters. The van der Waals surface area contributed by atoms with Crippen LogP contribution in [0.15, 0.2) is 54.9 Å². The Balaban J connectivity index is 1.38. The number of nitrogens with zero attached hydrogens (tertiary/aromatic N) is 4. The van der Waals surface area contributed by atoms with Gasteiger partial charge in [-0.2, -0.15) is 0 Å². The molecule has 1 amide bonds. The summed E-state index contributed by atoms with van der Waals surface area (Å²) in [4.78, 5) is 21.1. The van der Waals surface area contributed by atoms with Gasteiger partial charge in [0, 0.05) is 44.3 Å². The Morgan fingerprint density at radius 2 is 1.76 bits per heavy atom. The molecule has 2 aromatic heterocycles. The van der Waals surface area contributed by atoms with Gasteiger partial charge in [0.15, 0.2) is 0 Å². The van der Waals surface area contributed by atoms with Crippen molar-refractivity contribution < 1.29 is 9.18 Å². The number of aromatic nitrogens is 2. The van der Waals surface area contributed by atoms with E-state index >= 15 is 0 Å². The van der Waals surface area contributed by atoms with Crippen molar-refractivity contribution in [2.75, 3.05) is 31.1 Å². The molecule has 0 spiro atoms. The molecule has 0 saturated carbocycles. The minimum absolute atomic E-state index is 0.0663. The maximum absolute atomic E-state index is 13.2. The first-order chi connectivity index (χ1) is 12.2. The Morgan fingerprint density at radius 1 is 1.00 bits per heavy atom. The predicted octanol–water partition coefficient (Wildman–Crippen LogP) is 2.36. The fourth-order valence-electron chi connectivity index (χ4n) is 3.22. The van der Waals surface area contributed by atoms with Gasteiger partial charge in [-0.1, -0.05) is 18.2 Å². The lowest BCUT2D eigenvalue weighted by Gasteiger charge is -2.36. The van der Waals surface area contributed by atoms with Gasteiger partial charge in [0.2, 0.25) is 5.91 Å². The number of rotatable bonds is 3. The van der Waals surface area contributed by atoms with E-state index in [1.165, 1.54) is 18.0 Å². The largest absolute Gasteiger partial charge is 0.368 e. The van der Waals surface area contributed by atoms with Crippen molar-refractivity contribution in [3.8, 4) is 0 Å². The normalized spacial score (nSPS) is 14.9. The van der Waals surface area contributed by atoms with Crippen LogP contribution in [0, 0.1) is 5.82 Å². The van der Waals surface area contributed by atoms with E-state index in [9.17, 15) is 9.18 Å². The molecular formula is C19H19FN4O. The van der Waals surface area contributed by atoms with Crippen molar-refractivity contribution in [3.63, 3.8) is 0 Å². The predicted molar refractivity (Wildman–Crippen MR) is 94.1 cm³/mol. The zero-order valence-corrected chi connectivity index (χ0v) is 13.8. The summed E-state index contributed by atoms with van der Waals surface area (Å²) < 4.78 is 14.9. The summed E-state index contributed by atoms with van der Waals surface area (Å²) in [5.41, 5.74) is 2.51. The summed E-state index contributed by atoms with van der Waals surface area (Å²) in [5, 5.41) is 0. The van der Waals surface area contributed by atoms with E-state index in [1.807, 2.05) is 23.1 Å². The number of fused-ring (bicyclic) bond motifs is 1. The number of piperazine rings is 1. The highest BCUT2D eigenvalue weighted by atomic mass is 19.1. The van der Waals surface area contributed by atoms with E-state index in [0.717, 1.165) is 13.1 Å². The molecule has 3 heterocycles. The smallest absolute Gasteiger partial charge is 0.228 e. The molecule has 25 heavy (non-hydrogen) atoms. The number of hydrogen-bond donors (Lipinski definition) is 0. The monoisotopic (exact) mass is 338 g/mol. The van der Waals surface area contributed by atoms with E-state index in [0.29, 0.717) is 24.4 Å². The zero-order valence-electron chi connectivity index (χ0n) is 13.8. The van der Waals surface area contributed by atoms with Crippen LogP contribution in [0.4, 0.5) is 10.1 Å². The number of carbonyl (C=O) groups is 1. The van der Waals surface area contributed by atoms with Crippen LogP contribution in [0.5, 0.6) is 0 Å². The molecule has 128 valence electrons. The Bertz CT molecular complexity index is 885. The summed E-state index contributed by atoms with van der Waals surface area (Å²) in [5.74, 6) is -0.253. The minimum atomic E-state index is -0.320. The third-order valence-electron chi connectivity index (χ3n) is 4.55. The summed E-state index contributed by atoms with van der Waals surface area (Å²) >= 11 is 0. The Labute approximate surface area is 145 Å². The molecule has 1 aliphatic rings. The summed E-state index contributed by atoms with van der Waals surface area (Å²) in [6.07, 6.45) is 3.33. The van der Waals surface area contributed by atoms with Crippen LogP contribution in [-0.2, 0) is 11.2 Å². The Morgan fingerprint density at radius 3 is 2.52 bits per heavy atom. The second-order valence-electron chi connectivity index (χ2n) is 6.23. The molecule has 1 aliphatic heterocycles. The molecule has 4 rings (SSSR count). The van der Waals surface area contributed by atoms with E-state index in [2.05, 4.69) is 22.0 Å². The van der Waals surface area contributed by atoms with Crippen molar-refractivity contribution >= 4 is 17.2 Å². The van der Waals surface area contributed by atoms with Crippen LogP contribution >= 0.6 is 0 Å². The molecular weight excluding hydrogens is 319 g/mol. The third-order valence-corrected chi connectivity index (χ3v) is 4.55. The quantitative estimate of drug-likeness (QED) is 0.736. The second-order valence-corrected chi connectivity index (χ2v) is 6.23. The lowest BCUT2D eigenvalue weighted by atomic mass is 10.2. The van der Waals surface area contributed by atoms with Crippen molar-refractivity contribution in [2.45, 2.75) is 6.42 Å². The van der Waals surface area contributed by atoms with Gasteiger partial charge >= 0.3 is 0 Å². The van der Waals surface area contributed by atoms with Gasteiger partial charge < -0.3 is 14.2 Å². The van der Waals surface area contributed by atoms with E-state index < -0.39 is 0 Å². The van der Waals surface area contributed by atoms with Gasteiger partial charge in [0.1, 0.15) is 11.5 Å². The van der Waals surface area contributed by atoms with Crippen LogP contribution in [-0.4, -0.2) is 46.4 Å². The fraction of sp³-hybridized carbons (Fsp3) is 0.263. The van der Waals surface area contributed by atoms with Gasteiger partial charge in [-0.15, -0.1) is 0 Å². The van der Waals surface area contributed by atoms with Crippen molar-refractivity contribution in [1.29, 1.82) is 0 Å². The molecule has 0 atom stereocenters. The maximum atomic E-state index is 13.2. The van der Waals surface area contributed by atoms with Crippen molar-refractivity contribution in [1.82, 2.24) is 14.3 Å². The summed E-state index contributed by atoms with van der Waals surface area (Å²) in [6, 6.07) is 13.2. The Hall–Kier alpha value is -2.89. The number of anilines is 1. The number of halogens is 1. The summed E-state index contributed by atoms with van der Waals surface area (Å²) in [7, 11) is 0. The lowest BCUT2D eigenvalue weighted by molar-refractivity contribution is -0.130. The first-order valence-corrected chi connectivity index (χ1v) is 8.40. The van der Waals surface area contributed by atoms with Gasteiger partial charge in [-0.25, -0.2) is 9.37 Å². The number of imidazole rings is 1. The first kappa shape index (κ1) is 15.6. The maximum Gasteiger partial charge on any atom is 0.228 e. The van der Waals surface area contributed by atoms with Crippen molar-refractivity contribution in [3.05, 3.63) is 66.4 Å². The van der Waals surface area contributed by atoms with Gasteiger partial charge in [0.25, 0.3) is 0 Å². The minimum Gasteiger partial charge on any atom is -0.368 e. The molecule has 0 radical (unpaired) electrons. The van der Waals surface area contributed by atoms with Crippen LogP contribution in [0.25, 0.3) is 5.65 Å². The highest BCUT2D eigenvalue weighted by molar-refractivity contribution is 5.78. The highest BCUT2D eigenvalue weighted by Crippen LogP contribution is 2.16. The molecule has 0 aliphatic carbocycles. The van der Waals surface area contributed by atoms with E-state index in [4.69, 9.17) is 0 Å². The molecule has 5 nitrogen and oxygen atoms in total. The SMILES string of the molecule is O=C(Cc1cn2cc(F)ccc2n1)N1CCN(c2ccccc2)CC1. The Kier molecular flexibility index (Phi) is 4.09. The van der Waals surface area contributed by atoms with Gasteiger partial charge in [-0.3, -0.25) is 4.79 Å². The molecule has 1 saturated heterocycles. The number of benzene rings is 1. The first-order valence-electron chi connectivity index (χ1n) is 8.40. The summed E-state index contributed by atoms with van der Waals surface area (Å²) in [6.45, 7) is 3.06. The molecule has 1 fully saturated rings. The van der Waals surface area contributed by atoms with Crippen LogP contribution in [0.3, 0.4) is 0 Å². The number of pyridine rings is 1. The highest BCUT2D eigenvalue weighted by Gasteiger charge is 2.22. The molecule has 6 heteroatoms. The topological polar surface area (TPSA) is 40.9 Å². The lowest BCUT2D eigenvalue weighted by Crippen LogP contribution is -2.49. The van der Waals surface area contributed by atoms with Gasteiger partial charge in [0.05, 0.1) is 12.1 Å². The number of para-hydroxylation sites is 1. The van der Waals surface area contributed by atoms with Crippen LogP contribution in [0.1, 0.15) is 5.69 Å². The zero-order chi connectivity index (χ0) is 17.2. The van der Waals surface area contributed by atoms with E-state index in [-0.39, 0.29) is 18.1 Å². The van der Waals surface area contributed by atoms with Crippen LogP contribution < -0.4 is 4.90 Å². The molecule has 3 aromatic rings. The molecule has 0 bridgehead atoms. The average Bonchev–Trinajstić information content (AvgIpc) is 3.04. The average molecular weight is 338 g/mol. The molecule has 0 N–H and O–H groups in total. The number of hydrogen-bond acceptors (Lipinski definition) is 3. The van der Waals surface area contributed by atoms with Gasteiger partial charge in [-0.05, 0) is 24.3 Å². The third kappa shape index (κ3) is 3.33. The van der Waals surface area contributed by atoms with E-state index in [1.54, 1.807) is 16.7 Å². The second kappa shape index (κ2) is 6.55. The fourth-order valence-corrected chi connectivity index (χ4v) is 3.22. The molecule has 1 aromatic carbocycles. The number of carbonyl (C=O) groups excluding carboxylic acids is 1. The van der Waals surface area contributed by atoms with Crippen LogP contribution in [0.2, 0.25) is 0 Å².